The van der Waals surface area contributed by atoms with Gasteiger partial charge >= 0.3 is 13.5 Å². The van der Waals surface area contributed by atoms with Gasteiger partial charge in [-0.25, -0.2) is 13.9 Å². The maximum Gasteiger partial charge on any atom is 0.434 e. The third-order valence-corrected chi connectivity index (χ3v) is 7.59. The number of nitrogens with zero attached hydrogens (tertiary/aromatic N) is 5. The molecule has 0 radical (unpaired) electrons. The Hall–Kier alpha value is -2.13. The average Bonchev–Trinajstić information content (AvgIpc) is 3.08. The van der Waals surface area contributed by atoms with Crippen molar-refractivity contribution in [2.45, 2.75) is 20.0 Å². The van der Waals surface area contributed by atoms with E-state index in [1.807, 2.05) is 18.6 Å². The van der Waals surface area contributed by atoms with Crippen molar-refractivity contribution in [3.63, 3.8) is 0 Å². The molecule has 30 heavy (non-hydrogen) atoms. The second-order valence-electron chi connectivity index (χ2n) is 6.79. The summed E-state index contributed by atoms with van der Waals surface area (Å²) in [6.45, 7) is 3.33. The van der Waals surface area contributed by atoms with Crippen LogP contribution in [0.25, 0.3) is 0 Å². The molecule has 166 valence electrons. The molecule has 12 heteroatoms. The van der Waals surface area contributed by atoms with Gasteiger partial charge in [-0.15, -0.1) is 11.6 Å². The third kappa shape index (κ3) is 5.72. The molecule has 1 aromatic heterocycles. The van der Waals surface area contributed by atoms with Crippen molar-refractivity contribution in [3.8, 4) is 5.75 Å². The highest BCUT2D eigenvalue weighted by Gasteiger charge is 2.32. The summed E-state index contributed by atoms with van der Waals surface area (Å²) in [5.41, 5.74) is 1.27. The highest BCUT2D eigenvalue weighted by Crippen LogP contribution is 2.51. The van der Waals surface area contributed by atoms with Gasteiger partial charge in [0.25, 0.3) is 0 Å². The third-order valence-electron chi connectivity index (χ3n) is 4.62. The minimum absolute atomic E-state index is 0.139. The van der Waals surface area contributed by atoms with Crippen LogP contribution in [0.3, 0.4) is 0 Å². The van der Waals surface area contributed by atoms with Gasteiger partial charge in [0.15, 0.2) is 5.69 Å². The van der Waals surface area contributed by atoms with Gasteiger partial charge in [-0.1, -0.05) is 11.9 Å². The van der Waals surface area contributed by atoms with Gasteiger partial charge in [0.2, 0.25) is 0 Å². The lowest BCUT2D eigenvalue weighted by atomic mass is 10.3. The van der Waals surface area contributed by atoms with Gasteiger partial charge in [-0.3, -0.25) is 4.57 Å². The predicted molar refractivity (Wildman–Crippen MR) is 118 cm³/mol. The Morgan fingerprint density at radius 3 is 2.43 bits per heavy atom. The van der Waals surface area contributed by atoms with Gasteiger partial charge < -0.3 is 19.9 Å². The molecule has 0 bridgehead atoms. The number of nitro groups is 1. The predicted octanol–water partition coefficient (Wildman–Crippen LogP) is 3.94. The van der Waals surface area contributed by atoms with E-state index in [-0.39, 0.29) is 12.6 Å². The Labute approximate surface area is 181 Å². The fraction of sp³-hybridized carbons (Fsp3) is 0.500. The summed E-state index contributed by atoms with van der Waals surface area (Å²) in [6, 6.07) is 7.06. The topological polar surface area (TPSA) is 106 Å². The Balaban J connectivity index is 2.08. The lowest BCUT2D eigenvalue weighted by Crippen LogP contribution is -2.32. The summed E-state index contributed by atoms with van der Waals surface area (Å²) >= 11 is 5.85. The fourth-order valence-electron chi connectivity index (χ4n) is 2.84. The Kier molecular flexibility index (Phi) is 8.66. The molecule has 0 aliphatic carbocycles. The van der Waals surface area contributed by atoms with Crippen molar-refractivity contribution in [3.05, 3.63) is 46.3 Å². The van der Waals surface area contributed by atoms with Crippen LogP contribution in [0.4, 0.5) is 11.6 Å². The molecule has 0 saturated heterocycles. The molecule has 0 aliphatic heterocycles. The number of rotatable bonds is 12. The number of hydrogen-bond donors (Lipinski definition) is 1. The molecule has 0 fully saturated rings. The molecule has 1 unspecified atom stereocenters. The summed E-state index contributed by atoms with van der Waals surface area (Å²) < 4.78 is 24.3. The Morgan fingerprint density at radius 1 is 1.27 bits per heavy atom. The number of aromatic nitrogens is 2. The van der Waals surface area contributed by atoms with Crippen LogP contribution in [0.1, 0.15) is 19.0 Å². The first-order valence-electron chi connectivity index (χ1n) is 9.48. The minimum atomic E-state index is -3.03. The number of alkyl halides is 1. The molecule has 10 nitrogen and oxygen atoms in total. The fourth-order valence-corrected chi connectivity index (χ4v) is 5.40. The minimum Gasteiger partial charge on any atom is -0.486 e. The van der Waals surface area contributed by atoms with Crippen molar-refractivity contribution in [2.24, 2.45) is 7.05 Å². The van der Waals surface area contributed by atoms with Crippen LogP contribution >= 0.6 is 19.2 Å². The second kappa shape index (κ2) is 10.8. The Morgan fingerprint density at radius 2 is 1.90 bits per heavy atom. The van der Waals surface area contributed by atoms with Crippen molar-refractivity contribution >= 4 is 30.8 Å². The molecule has 0 saturated carbocycles. The molecule has 1 aromatic carbocycles. The van der Waals surface area contributed by atoms with Gasteiger partial charge in [-0.2, -0.15) is 0 Å². The van der Waals surface area contributed by atoms with E-state index in [0.717, 1.165) is 6.42 Å². The SMILES string of the molecule is CCCN(C)P(=O)(Nc1ccc(OCc2cnc([N+](=O)[O-])n2C)cc1)N(C)CCCl. The lowest BCUT2D eigenvalue weighted by Gasteiger charge is -2.35. The van der Waals surface area contributed by atoms with Gasteiger partial charge in [-0.05, 0) is 49.7 Å². The number of hydrogen-bond acceptors (Lipinski definition) is 5. The second-order valence-corrected chi connectivity index (χ2v) is 9.84. The number of benzene rings is 1. The van der Waals surface area contributed by atoms with Crippen LogP contribution in [0.15, 0.2) is 30.5 Å². The van der Waals surface area contributed by atoms with Crippen LogP contribution in [0, 0.1) is 10.1 Å². The molecule has 1 heterocycles. The quantitative estimate of drug-likeness (QED) is 0.220. The summed E-state index contributed by atoms with van der Waals surface area (Å²) in [6.07, 6.45) is 2.29. The number of ether oxygens (including phenoxy) is 1. The van der Waals surface area contributed by atoms with E-state index >= 15 is 0 Å². The lowest BCUT2D eigenvalue weighted by molar-refractivity contribution is -0.396. The van der Waals surface area contributed by atoms with Gasteiger partial charge in [0, 0.05) is 24.7 Å². The Bertz CT molecular complexity index is 875. The van der Waals surface area contributed by atoms with E-state index in [1.54, 1.807) is 43.0 Å². The zero-order valence-electron chi connectivity index (χ0n) is 17.6. The normalized spacial score (nSPS) is 13.4. The zero-order valence-corrected chi connectivity index (χ0v) is 19.3. The molecule has 2 aromatic rings. The molecule has 1 atom stereocenters. The van der Waals surface area contributed by atoms with Crippen LogP contribution in [0.5, 0.6) is 5.75 Å². The van der Waals surface area contributed by atoms with E-state index in [0.29, 0.717) is 36.1 Å². The summed E-state index contributed by atoms with van der Waals surface area (Å²) in [5, 5.41) is 14.0. The van der Waals surface area contributed by atoms with Gasteiger partial charge in [0.05, 0.1) is 7.05 Å². The van der Waals surface area contributed by atoms with Crippen LogP contribution in [-0.4, -0.2) is 56.9 Å². The van der Waals surface area contributed by atoms with Crippen molar-refractivity contribution < 1.29 is 14.2 Å². The first-order valence-corrected chi connectivity index (χ1v) is 11.6. The molecule has 1 N–H and O–H groups in total. The molecular weight excluding hydrogens is 431 g/mol. The molecular formula is C18H28ClN6O4P. The first kappa shape index (κ1) is 24.1. The number of nitrogens with one attached hydrogen (secondary N) is 1. The molecule has 0 amide bonds. The molecule has 0 aliphatic rings. The first-order chi connectivity index (χ1) is 14.2. The zero-order chi connectivity index (χ0) is 22.3. The van der Waals surface area contributed by atoms with Crippen LogP contribution in [0.2, 0.25) is 0 Å². The van der Waals surface area contributed by atoms with E-state index in [1.165, 1.54) is 10.8 Å². The number of anilines is 1. The largest absolute Gasteiger partial charge is 0.486 e. The molecule has 2 rings (SSSR count). The summed E-state index contributed by atoms with van der Waals surface area (Å²) in [5.74, 6) is 0.720. The van der Waals surface area contributed by atoms with E-state index in [9.17, 15) is 14.7 Å². The van der Waals surface area contributed by atoms with Crippen molar-refractivity contribution in [1.82, 2.24) is 18.9 Å². The van der Waals surface area contributed by atoms with Crippen LogP contribution in [-0.2, 0) is 18.2 Å². The highest BCUT2D eigenvalue weighted by atomic mass is 35.5. The average molecular weight is 459 g/mol. The smallest absolute Gasteiger partial charge is 0.434 e. The van der Waals surface area contributed by atoms with Gasteiger partial charge in [0.1, 0.15) is 18.6 Å². The highest BCUT2D eigenvalue weighted by molar-refractivity contribution is 7.60. The van der Waals surface area contributed by atoms with E-state index in [4.69, 9.17) is 16.3 Å². The summed E-state index contributed by atoms with van der Waals surface area (Å²) in [7, 11) is 2.15. The summed E-state index contributed by atoms with van der Waals surface area (Å²) in [4.78, 5) is 14.1. The standard InChI is InChI=1S/C18H28ClN6O4P/c1-5-11-22(2)30(28,23(3)12-10-19)21-15-6-8-17(9-7-15)29-14-16-13-20-18(24(16)4)25(26)27/h6-9,13H,5,10-12,14H2,1-4H3,(H,21,28). The maximum atomic E-state index is 13.6. The van der Waals surface area contributed by atoms with E-state index < -0.39 is 12.5 Å². The monoisotopic (exact) mass is 458 g/mol. The van der Waals surface area contributed by atoms with Crippen LogP contribution < -0.4 is 9.82 Å². The maximum absolute atomic E-state index is 13.6. The number of imidazole rings is 1. The van der Waals surface area contributed by atoms with Crippen molar-refractivity contribution in [2.75, 3.05) is 38.2 Å². The van der Waals surface area contributed by atoms with Crippen molar-refractivity contribution in [1.29, 1.82) is 0 Å². The van der Waals surface area contributed by atoms with E-state index in [2.05, 4.69) is 10.1 Å². The molecule has 0 spiro atoms. The number of halogens is 1.